The molecule has 0 bridgehead atoms. The van der Waals surface area contributed by atoms with Crippen molar-refractivity contribution in [2.24, 2.45) is 0 Å². The number of rotatable bonds is 3. The van der Waals surface area contributed by atoms with Gasteiger partial charge in [-0.2, -0.15) is 0 Å². The number of hydrogen-bond acceptors (Lipinski definition) is 4. The lowest BCUT2D eigenvalue weighted by Crippen LogP contribution is -2.17. The average molecular weight is 390 g/mol. The van der Waals surface area contributed by atoms with Crippen LogP contribution in [0.5, 0.6) is 11.5 Å². The van der Waals surface area contributed by atoms with E-state index in [0.29, 0.717) is 33.0 Å². The second-order valence-electron chi connectivity index (χ2n) is 5.34. The summed E-state index contributed by atoms with van der Waals surface area (Å²) in [6, 6.07) is 15.0. The number of para-hydroxylation sites is 1. The van der Waals surface area contributed by atoms with Gasteiger partial charge >= 0.3 is 12.1 Å². The normalized spacial score (nSPS) is 10.4. The number of carbonyl (C=O) groups is 2. The van der Waals surface area contributed by atoms with Gasteiger partial charge in [-0.1, -0.05) is 41.4 Å². The van der Waals surface area contributed by atoms with Crippen LogP contribution in [0.2, 0.25) is 10.0 Å². The third-order valence-corrected chi connectivity index (χ3v) is 4.06. The zero-order chi connectivity index (χ0) is 18.7. The molecular formula is C19H13Cl2NO4. The van der Waals surface area contributed by atoms with E-state index < -0.39 is 12.1 Å². The Kier molecular flexibility index (Phi) is 5.30. The van der Waals surface area contributed by atoms with Crippen LogP contribution in [-0.2, 0) is 4.79 Å². The largest absolute Gasteiger partial charge is 0.427 e. The highest BCUT2D eigenvalue weighted by Crippen LogP contribution is 2.38. The van der Waals surface area contributed by atoms with Gasteiger partial charge in [0.25, 0.3) is 0 Å². The van der Waals surface area contributed by atoms with Crippen LogP contribution in [0.25, 0.3) is 10.8 Å². The Morgan fingerprint density at radius 2 is 1.58 bits per heavy atom. The number of benzene rings is 3. The molecule has 0 radical (unpaired) electrons. The van der Waals surface area contributed by atoms with E-state index in [1.807, 2.05) is 6.07 Å². The number of esters is 1. The third kappa shape index (κ3) is 4.07. The minimum Gasteiger partial charge on any atom is -0.427 e. The molecule has 1 amide bonds. The van der Waals surface area contributed by atoms with Gasteiger partial charge in [0.15, 0.2) is 0 Å². The Bertz CT molecular complexity index is 990. The molecule has 0 spiro atoms. The van der Waals surface area contributed by atoms with Gasteiger partial charge in [-0.25, -0.2) is 4.79 Å². The van der Waals surface area contributed by atoms with E-state index in [2.05, 4.69) is 5.32 Å². The lowest BCUT2D eigenvalue weighted by atomic mass is 10.1. The summed E-state index contributed by atoms with van der Waals surface area (Å²) in [5, 5.41) is 4.41. The Labute approximate surface area is 159 Å². The molecule has 0 aromatic heterocycles. The molecule has 0 fully saturated rings. The fourth-order valence-electron chi connectivity index (χ4n) is 2.41. The van der Waals surface area contributed by atoms with Gasteiger partial charge in [0.2, 0.25) is 0 Å². The van der Waals surface area contributed by atoms with Gasteiger partial charge in [0.05, 0.1) is 15.7 Å². The summed E-state index contributed by atoms with van der Waals surface area (Å²) in [7, 11) is 0. The van der Waals surface area contributed by atoms with E-state index in [1.165, 1.54) is 13.0 Å². The Hall–Kier alpha value is -2.76. The molecule has 0 saturated carbocycles. The summed E-state index contributed by atoms with van der Waals surface area (Å²) in [5.74, 6) is 0.235. The van der Waals surface area contributed by atoms with Crippen molar-refractivity contribution in [3.8, 4) is 11.5 Å². The molecule has 0 heterocycles. The van der Waals surface area contributed by atoms with Crippen molar-refractivity contribution in [1.82, 2.24) is 0 Å². The molecule has 1 N–H and O–H groups in total. The maximum Gasteiger partial charge on any atom is 0.417 e. The van der Waals surface area contributed by atoms with Crippen molar-refractivity contribution in [2.75, 3.05) is 5.32 Å². The number of halogens is 2. The SMILES string of the molecule is CC(=O)Oc1ccc2c(Cl)cc(Cl)c(NC(=O)Oc3ccccc3)c2c1. The number of anilines is 1. The molecular weight excluding hydrogens is 377 g/mol. The number of hydrogen-bond donors (Lipinski definition) is 1. The van der Waals surface area contributed by atoms with Gasteiger partial charge in [-0.3, -0.25) is 10.1 Å². The maximum atomic E-state index is 12.2. The van der Waals surface area contributed by atoms with E-state index in [4.69, 9.17) is 32.7 Å². The summed E-state index contributed by atoms with van der Waals surface area (Å²) in [6.07, 6.45) is -0.709. The number of nitrogens with one attached hydrogen (secondary N) is 1. The second-order valence-corrected chi connectivity index (χ2v) is 6.16. The highest BCUT2D eigenvalue weighted by atomic mass is 35.5. The summed E-state index contributed by atoms with van der Waals surface area (Å²) in [4.78, 5) is 23.4. The number of amides is 1. The van der Waals surface area contributed by atoms with Gasteiger partial charge in [-0.05, 0) is 36.4 Å². The molecule has 0 unspecified atom stereocenters. The first-order chi connectivity index (χ1) is 12.4. The van der Waals surface area contributed by atoms with Crippen LogP contribution in [0.4, 0.5) is 10.5 Å². The van der Waals surface area contributed by atoms with Gasteiger partial charge in [-0.15, -0.1) is 0 Å². The predicted octanol–water partition coefficient (Wildman–Crippen LogP) is 5.68. The third-order valence-electron chi connectivity index (χ3n) is 3.45. The maximum absolute atomic E-state index is 12.2. The molecule has 0 aliphatic carbocycles. The van der Waals surface area contributed by atoms with E-state index in [0.717, 1.165) is 0 Å². The van der Waals surface area contributed by atoms with Crippen LogP contribution in [0, 0.1) is 0 Å². The minimum absolute atomic E-state index is 0.229. The van der Waals surface area contributed by atoms with Crippen molar-refractivity contribution in [1.29, 1.82) is 0 Å². The monoisotopic (exact) mass is 389 g/mol. The molecule has 7 heteroatoms. The predicted molar refractivity (Wildman–Crippen MR) is 101 cm³/mol. The molecule has 26 heavy (non-hydrogen) atoms. The number of ether oxygens (including phenoxy) is 2. The lowest BCUT2D eigenvalue weighted by Gasteiger charge is -2.13. The van der Waals surface area contributed by atoms with Crippen LogP contribution in [-0.4, -0.2) is 12.1 Å². The van der Waals surface area contributed by atoms with Gasteiger partial charge in [0, 0.05) is 17.7 Å². The van der Waals surface area contributed by atoms with E-state index in [1.54, 1.807) is 42.5 Å². The summed E-state index contributed by atoms with van der Waals surface area (Å²) in [5.41, 5.74) is 0.306. The van der Waals surface area contributed by atoms with Crippen molar-refractivity contribution in [3.63, 3.8) is 0 Å². The zero-order valence-electron chi connectivity index (χ0n) is 13.6. The Morgan fingerprint density at radius 3 is 2.27 bits per heavy atom. The highest BCUT2D eigenvalue weighted by Gasteiger charge is 2.15. The van der Waals surface area contributed by atoms with E-state index in [-0.39, 0.29) is 5.02 Å². The summed E-state index contributed by atoms with van der Waals surface area (Å²) in [6.45, 7) is 1.30. The molecule has 0 aliphatic heterocycles. The molecule has 0 atom stereocenters. The fourth-order valence-corrected chi connectivity index (χ4v) is 3.00. The quantitative estimate of drug-likeness (QED) is 0.461. The molecule has 3 aromatic rings. The van der Waals surface area contributed by atoms with Crippen molar-refractivity contribution < 1.29 is 19.1 Å². The molecule has 132 valence electrons. The van der Waals surface area contributed by atoms with E-state index >= 15 is 0 Å². The molecule has 0 aliphatic rings. The molecule has 5 nitrogen and oxygen atoms in total. The highest BCUT2D eigenvalue weighted by molar-refractivity contribution is 6.41. The van der Waals surface area contributed by atoms with Gasteiger partial charge in [0.1, 0.15) is 11.5 Å². The Morgan fingerprint density at radius 1 is 0.846 bits per heavy atom. The first-order valence-electron chi connectivity index (χ1n) is 7.58. The number of carbonyl (C=O) groups excluding carboxylic acids is 2. The fraction of sp³-hybridized carbons (Fsp3) is 0.0526. The smallest absolute Gasteiger partial charge is 0.417 e. The van der Waals surface area contributed by atoms with Crippen LogP contribution >= 0.6 is 23.2 Å². The van der Waals surface area contributed by atoms with Crippen LogP contribution in [0.15, 0.2) is 54.6 Å². The van der Waals surface area contributed by atoms with E-state index in [9.17, 15) is 9.59 Å². The van der Waals surface area contributed by atoms with Crippen LogP contribution in [0.1, 0.15) is 6.92 Å². The van der Waals surface area contributed by atoms with Crippen molar-refractivity contribution in [2.45, 2.75) is 6.92 Å². The van der Waals surface area contributed by atoms with Crippen molar-refractivity contribution in [3.05, 3.63) is 64.6 Å². The molecule has 3 rings (SSSR count). The Balaban J connectivity index is 1.97. The topological polar surface area (TPSA) is 64.6 Å². The van der Waals surface area contributed by atoms with Crippen molar-refractivity contribution >= 4 is 51.7 Å². The summed E-state index contributed by atoms with van der Waals surface area (Å²) < 4.78 is 10.3. The first kappa shape index (κ1) is 18.0. The average Bonchev–Trinajstić information content (AvgIpc) is 2.59. The first-order valence-corrected chi connectivity index (χ1v) is 8.33. The van der Waals surface area contributed by atoms with Crippen LogP contribution < -0.4 is 14.8 Å². The molecule has 3 aromatic carbocycles. The van der Waals surface area contributed by atoms with Crippen LogP contribution in [0.3, 0.4) is 0 Å². The van der Waals surface area contributed by atoms with Gasteiger partial charge < -0.3 is 9.47 Å². The lowest BCUT2D eigenvalue weighted by molar-refractivity contribution is -0.131. The zero-order valence-corrected chi connectivity index (χ0v) is 15.1. The second kappa shape index (κ2) is 7.64. The minimum atomic E-state index is -0.709. The molecule has 0 saturated heterocycles. The summed E-state index contributed by atoms with van der Waals surface area (Å²) >= 11 is 12.5. The number of fused-ring (bicyclic) bond motifs is 1. The standard InChI is InChI=1S/C19H13Cl2NO4/c1-11(23)25-13-7-8-14-15(9-13)18(17(21)10-16(14)20)22-19(24)26-12-5-3-2-4-6-12/h2-10H,1H3,(H,22,24).